The number of nitrogens with one attached hydrogen (secondary N) is 2. The molecular formula is C24H23N6OP. The summed E-state index contributed by atoms with van der Waals surface area (Å²) in [7, 11) is 0. The van der Waals surface area contributed by atoms with Crippen LogP contribution in [0.4, 0.5) is 5.95 Å². The van der Waals surface area contributed by atoms with Crippen LogP contribution in [0.1, 0.15) is 12.6 Å². The summed E-state index contributed by atoms with van der Waals surface area (Å²) in [6.45, 7) is 0.00234. The van der Waals surface area contributed by atoms with Gasteiger partial charge in [-0.05, 0) is 0 Å². The zero-order chi connectivity index (χ0) is 22.2. The van der Waals surface area contributed by atoms with Crippen molar-refractivity contribution in [3.8, 4) is 0 Å². The van der Waals surface area contributed by atoms with Gasteiger partial charge in [0.25, 0.3) is 0 Å². The van der Waals surface area contributed by atoms with Crippen molar-refractivity contribution in [2.24, 2.45) is 5.10 Å². The molecule has 32 heavy (non-hydrogen) atoms. The molecule has 0 atom stereocenters. The van der Waals surface area contributed by atoms with Crippen LogP contribution in [0.15, 0.2) is 101 Å². The van der Waals surface area contributed by atoms with Gasteiger partial charge in [0.15, 0.2) is 0 Å². The Kier molecular flexibility index (Phi) is 4.73. The molecule has 0 saturated heterocycles. The molecule has 7 nitrogen and oxygen atoms in total. The van der Waals surface area contributed by atoms with Gasteiger partial charge in [-0.2, -0.15) is 0 Å². The molecule has 8 heteroatoms. The van der Waals surface area contributed by atoms with Crippen molar-refractivity contribution >= 4 is 34.1 Å². The van der Waals surface area contributed by atoms with E-state index in [9.17, 15) is 4.79 Å². The number of aromatic nitrogens is 3. The summed E-state index contributed by atoms with van der Waals surface area (Å²) in [5, 5.41) is 20.0. The van der Waals surface area contributed by atoms with Crippen molar-refractivity contribution in [2.45, 2.75) is 13.8 Å². The van der Waals surface area contributed by atoms with Gasteiger partial charge in [-0.25, -0.2) is 0 Å². The van der Waals surface area contributed by atoms with Gasteiger partial charge in [0.1, 0.15) is 0 Å². The van der Waals surface area contributed by atoms with Crippen molar-refractivity contribution in [1.29, 1.82) is 0 Å². The molecule has 2 N–H and O–H groups in total. The van der Waals surface area contributed by atoms with Crippen molar-refractivity contribution in [3.63, 3.8) is 0 Å². The Balaban J connectivity index is 1.99. The molecule has 0 bridgehead atoms. The third kappa shape index (κ3) is 2.62. The summed E-state index contributed by atoms with van der Waals surface area (Å²) in [5.41, 5.74) is 3.99. The second-order valence-electron chi connectivity index (χ2n) is 7.73. The molecule has 160 valence electrons. The minimum absolute atomic E-state index is 0.245. The maximum atomic E-state index is 12.9. The molecule has 0 aliphatic carbocycles. The van der Waals surface area contributed by atoms with E-state index in [1.165, 1.54) is 4.68 Å². The van der Waals surface area contributed by atoms with Crippen molar-refractivity contribution in [2.75, 3.05) is 5.43 Å². The van der Waals surface area contributed by atoms with E-state index in [1.54, 1.807) is 6.92 Å². The molecule has 5 rings (SSSR count). The Hall–Kier alpha value is -3.67. The van der Waals surface area contributed by atoms with Crippen LogP contribution in [-0.4, -0.2) is 20.3 Å². The van der Waals surface area contributed by atoms with E-state index in [0.717, 1.165) is 21.4 Å². The number of hydrogen-bond acceptors (Lipinski definition) is 6. The monoisotopic (exact) mass is 442 g/mol. The van der Waals surface area contributed by atoms with Crippen LogP contribution >= 0.6 is 6.75 Å². The number of benzene rings is 3. The van der Waals surface area contributed by atoms with Gasteiger partial charge in [0, 0.05) is 0 Å². The number of aryl methyl sites for hydroxylation is 1. The fraction of sp³-hybridized carbons (Fsp3) is 0.0833. The van der Waals surface area contributed by atoms with Crippen LogP contribution in [0.25, 0.3) is 0 Å². The Morgan fingerprint density at radius 3 is 1.66 bits per heavy atom. The molecular weight excluding hydrogens is 419 g/mol. The van der Waals surface area contributed by atoms with Crippen LogP contribution in [0.5, 0.6) is 0 Å². The second kappa shape index (κ2) is 7.48. The summed E-state index contributed by atoms with van der Waals surface area (Å²) >= 11 is 0. The average molecular weight is 442 g/mol. The Labute approximate surface area is 185 Å². The molecule has 2 heterocycles. The van der Waals surface area contributed by atoms with Gasteiger partial charge in [-0.3, -0.25) is 0 Å². The van der Waals surface area contributed by atoms with E-state index in [2.05, 4.69) is 57.2 Å². The average Bonchev–Trinajstić information content (AvgIpc) is 2.99. The van der Waals surface area contributed by atoms with Crippen LogP contribution in [0, 0.1) is 6.92 Å². The first-order valence-corrected chi connectivity index (χ1v) is 12.6. The summed E-state index contributed by atoms with van der Waals surface area (Å²) < 4.78 is 1.30. The molecule has 0 saturated carbocycles. The van der Waals surface area contributed by atoms with Crippen molar-refractivity contribution in [3.05, 3.63) is 107 Å². The number of anilines is 1. The van der Waals surface area contributed by atoms with E-state index >= 15 is 0 Å². The molecule has 4 aromatic rings. The van der Waals surface area contributed by atoms with E-state index in [0.29, 0.717) is 0 Å². The van der Waals surface area contributed by atoms with E-state index in [4.69, 9.17) is 5.10 Å². The summed E-state index contributed by atoms with van der Waals surface area (Å²) in [4.78, 5) is 12.9. The molecule has 3 aromatic carbocycles. The zero-order valence-electron chi connectivity index (χ0n) is 17.8. The summed E-state index contributed by atoms with van der Waals surface area (Å²) in [6, 6.07) is 30.8. The number of rotatable bonds is 3. The Morgan fingerprint density at radius 1 is 0.719 bits per heavy atom. The fourth-order valence-electron chi connectivity index (χ4n) is 4.48. The van der Waals surface area contributed by atoms with Gasteiger partial charge in [-0.15, -0.1) is 0 Å². The SMILES string of the molecule is CC1=Nn2c(nnc(C)c2=O)NNP1(c1ccccc1)(c1ccccc1)c1ccccc1. The third-order valence-corrected chi connectivity index (χ3v) is 12.0. The van der Waals surface area contributed by atoms with Crippen LogP contribution in [-0.2, 0) is 0 Å². The quantitative estimate of drug-likeness (QED) is 0.477. The van der Waals surface area contributed by atoms with Gasteiger partial charge in [-0.1, -0.05) is 0 Å². The molecule has 1 aliphatic heterocycles. The topological polar surface area (TPSA) is 84.2 Å². The second-order valence-corrected chi connectivity index (χ2v) is 12.4. The minimum atomic E-state index is -3.62. The normalized spacial score (nSPS) is 17.6. The van der Waals surface area contributed by atoms with Crippen LogP contribution in [0.3, 0.4) is 0 Å². The number of fused-ring (bicyclic) bond motifs is 1. The van der Waals surface area contributed by atoms with Gasteiger partial charge < -0.3 is 0 Å². The predicted octanol–water partition coefficient (Wildman–Crippen LogP) is 2.50. The number of nitrogens with zero attached hydrogens (tertiary/aromatic N) is 4. The Morgan fingerprint density at radius 2 is 1.19 bits per heavy atom. The standard InChI is InChI=1S/C24H23N6OP/c1-18-23(31)30-24(26-25-18)27-29-32(19(2)28-30,20-12-6-3-7-13-20,21-14-8-4-9-15-21)22-16-10-5-11-17-22/h3-17,29H,1-2H3,(H,26,27). The number of hydrazine groups is 1. The molecule has 1 aliphatic rings. The van der Waals surface area contributed by atoms with Crippen molar-refractivity contribution < 1.29 is 0 Å². The molecule has 0 fully saturated rings. The first-order chi connectivity index (χ1) is 15.6. The molecule has 0 amide bonds. The first-order valence-electron chi connectivity index (χ1n) is 10.3. The van der Waals surface area contributed by atoms with Crippen molar-refractivity contribution in [1.82, 2.24) is 20.1 Å². The zero-order valence-corrected chi connectivity index (χ0v) is 18.7. The fourth-order valence-corrected chi connectivity index (χ4v) is 9.95. The van der Waals surface area contributed by atoms with Gasteiger partial charge in [0.2, 0.25) is 0 Å². The van der Waals surface area contributed by atoms with Gasteiger partial charge >= 0.3 is 186 Å². The van der Waals surface area contributed by atoms with E-state index in [-0.39, 0.29) is 17.2 Å². The summed E-state index contributed by atoms with van der Waals surface area (Å²) in [5.74, 6) is 0.245. The molecule has 0 unspecified atom stereocenters. The van der Waals surface area contributed by atoms with E-state index < -0.39 is 6.75 Å². The number of hydrogen-bond donors (Lipinski definition) is 2. The molecule has 0 radical (unpaired) electrons. The van der Waals surface area contributed by atoms with Gasteiger partial charge in [0.05, 0.1) is 0 Å². The molecule has 0 spiro atoms. The van der Waals surface area contributed by atoms with E-state index in [1.807, 2.05) is 61.5 Å². The van der Waals surface area contributed by atoms with Crippen LogP contribution < -0.4 is 32.1 Å². The van der Waals surface area contributed by atoms with Crippen LogP contribution in [0.2, 0.25) is 0 Å². The predicted molar refractivity (Wildman–Crippen MR) is 131 cm³/mol. The first kappa shape index (κ1) is 20.2. The summed E-state index contributed by atoms with van der Waals surface area (Å²) in [6.07, 6.45) is 0. The Bertz CT molecular complexity index is 1270. The molecule has 1 aromatic heterocycles. The third-order valence-electron chi connectivity index (χ3n) is 6.10. The maximum absolute atomic E-state index is 12.9.